The number of amides is 1. The molecule has 1 N–H and O–H groups in total. The van der Waals surface area contributed by atoms with Gasteiger partial charge in [-0.3, -0.25) is 9.59 Å². The predicted octanol–water partition coefficient (Wildman–Crippen LogP) is 3.40. The number of unbranched alkanes of at least 4 members (excludes halogenated alkanes) is 1. The van der Waals surface area contributed by atoms with E-state index in [-0.39, 0.29) is 23.7 Å². The van der Waals surface area contributed by atoms with Crippen LogP contribution in [0.1, 0.15) is 31.1 Å². The Morgan fingerprint density at radius 3 is 2.65 bits per heavy atom. The molecule has 2 aliphatic carbocycles. The Hall–Kier alpha value is -1.62. The lowest BCUT2D eigenvalue weighted by Crippen LogP contribution is -2.43. The molecule has 0 spiro atoms. The molecular formula is C18H23NO3S. The second kappa shape index (κ2) is 6.87. The van der Waals surface area contributed by atoms with Gasteiger partial charge in [0, 0.05) is 11.4 Å². The molecule has 0 aromatic carbocycles. The molecule has 1 saturated carbocycles. The molecule has 1 heterocycles. The second-order valence-corrected chi connectivity index (χ2v) is 7.56. The van der Waals surface area contributed by atoms with Crippen molar-refractivity contribution in [3.8, 4) is 0 Å². The number of fused-ring (bicyclic) bond motifs is 2. The van der Waals surface area contributed by atoms with Crippen molar-refractivity contribution in [2.75, 3.05) is 6.54 Å². The zero-order chi connectivity index (χ0) is 16.4. The van der Waals surface area contributed by atoms with Crippen molar-refractivity contribution < 1.29 is 14.7 Å². The van der Waals surface area contributed by atoms with Gasteiger partial charge < -0.3 is 10.0 Å². The average molecular weight is 333 g/mol. The van der Waals surface area contributed by atoms with Crippen LogP contribution in [0.2, 0.25) is 0 Å². The number of carbonyl (C=O) groups excluding carboxylic acids is 1. The monoisotopic (exact) mass is 333 g/mol. The third-order valence-corrected chi connectivity index (χ3v) is 5.91. The van der Waals surface area contributed by atoms with Crippen molar-refractivity contribution in [2.45, 2.75) is 32.7 Å². The maximum atomic E-state index is 13.1. The molecule has 1 aromatic heterocycles. The highest BCUT2D eigenvalue weighted by molar-refractivity contribution is 7.09. The largest absolute Gasteiger partial charge is 0.481 e. The molecule has 5 heteroatoms. The van der Waals surface area contributed by atoms with E-state index in [1.165, 1.54) is 0 Å². The van der Waals surface area contributed by atoms with Crippen molar-refractivity contribution in [3.05, 3.63) is 34.5 Å². The topological polar surface area (TPSA) is 57.6 Å². The standard InChI is InChI=1S/C18H23NO3S/c1-2-3-8-19(11-14-5-4-9-23-14)17(20)15-12-6-7-13(10-12)16(15)18(21)22/h4-7,9,12-13,15-16H,2-3,8,10-11H2,1H3,(H,21,22). The first-order chi connectivity index (χ1) is 11.1. The molecule has 0 aliphatic heterocycles. The summed E-state index contributed by atoms with van der Waals surface area (Å²) in [6, 6.07) is 4.02. The molecule has 23 heavy (non-hydrogen) atoms. The first-order valence-corrected chi connectivity index (χ1v) is 9.22. The smallest absolute Gasteiger partial charge is 0.307 e. The van der Waals surface area contributed by atoms with Crippen LogP contribution in [0.4, 0.5) is 0 Å². The van der Waals surface area contributed by atoms with Gasteiger partial charge in [-0.1, -0.05) is 31.6 Å². The van der Waals surface area contributed by atoms with Crippen molar-refractivity contribution in [1.82, 2.24) is 4.90 Å². The number of thiophene rings is 1. The second-order valence-electron chi connectivity index (χ2n) is 6.53. The van der Waals surface area contributed by atoms with Gasteiger partial charge in [0.1, 0.15) is 0 Å². The van der Waals surface area contributed by atoms with E-state index in [9.17, 15) is 14.7 Å². The van der Waals surface area contributed by atoms with E-state index in [1.54, 1.807) is 11.3 Å². The summed E-state index contributed by atoms with van der Waals surface area (Å²) in [6.45, 7) is 3.41. The van der Waals surface area contributed by atoms with Crippen LogP contribution in [-0.4, -0.2) is 28.4 Å². The third kappa shape index (κ3) is 3.20. The molecule has 4 atom stereocenters. The Kier molecular flexibility index (Phi) is 4.85. The van der Waals surface area contributed by atoms with E-state index in [2.05, 4.69) is 13.0 Å². The van der Waals surface area contributed by atoms with Crippen molar-refractivity contribution in [1.29, 1.82) is 0 Å². The fraction of sp³-hybridized carbons (Fsp3) is 0.556. The summed E-state index contributed by atoms with van der Waals surface area (Å²) in [6.07, 6.45) is 6.82. The number of hydrogen-bond donors (Lipinski definition) is 1. The van der Waals surface area contributed by atoms with Crippen molar-refractivity contribution in [2.24, 2.45) is 23.7 Å². The van der Waals surface area contributed by atoms with Crippen LogP contribution in [0.3, 0.4) is 0 Å². The van der Waals surface area contributed by atoms with E-state index in [0.29, 0.717) is 13.1 Å². The van der Waals surface area contributed by atoms with Gasteiger partial charge in [0.25, 0.3) is 0 Å². The highest BCUT2D eigenvalue weighted by Crippen LogP contribution is 2.48. The summed E-state index contributed by atoms with van der Waals surface area (Å²) in [7, 11) is 0. The average Bonchev–Trinajstić information content (AvgIpc) is 3.26. The van der Waals surface area contributed by atoms with Gasteiger partial charge in [0.2, 0.25) is 5.91 Å². The molecule has 124 valence electrons. The SMILES string of the molecule is CCCCN(Cc1cccs1)C(=O)C1C2C=CC(C2)C1C(=O)O. The normalized spacial score (nSPS) is 28.2. The van der Waals surface area contributed by atoms with E-state index >= 15 is 0 Å². The molecule has 0 saturated heterocycles. The molecule has 4 nitrogen and oxygen atoms in total. The number of nitrogens with zero attached hydrogens (tertiary/aromatic N) is 1. The molecule has 0 radical (unpaired) electrons. The summed E-state index contributed by atoms with van der Waals surface area (Å²) in [4.78, 5) is 27.8. The van der Waals surface area contributed by atoms with Crippen LogP contribution in [-0.2, 0) is 16.1 Å². The number of carboxylic acids is 1. The molecule has 3 rings (SSSR count). The number of rotatable bonds is 7. The van der Waals surface area contributed by atoms with Gasteiger partial charge in [-0.2, -0.15) is 0 Å². The lowest BCUT2D eigenvalue weighted by molar-refractivity contribution is -0.151. The van der Waals surface area contributed by atoms with E-state index in [4.69, 9.17) is 0 Å². The van der Waals surface area contributed by atoms with Crippen LogP contribution in [0.15, 0.2) is 29.7 Å². The third-order valence-electron chi connectivity index (χ3n) is 5.05. The van der Waals surface area contributed by atoms with Gasteiger partial charge in [0.05, 0.1) is 18.4 Å². The molecule has 2 bridgehead atoms. The molecule has 1 amide bonds. The van der Waals surface area contributed by atoms with Gasteiger partial charge in [-0.05, 0) is 36.1 Å². The molecule has 1 aromatic rings. The van der Waals surface area contributed by atoms with Gasteiger partial charge in [-0.25, -0.2) is 0 Å². The van der Waals surface area contributed by atoms with Crippen molar-refractivity contribution >= 4 is 23.2 Å². The molecule has 2 aliphatic rings. The van der Waals surface area contributed by atoms with Gasteiger partial charge in [-0.15, -0.1) is 11.3 Å². The van der Waals surface area contributed by atoms with Crippen molar-refractivity contribution in [3.63, 3.8) is 0 Å². The Labute approximate surface area is 140 Å². The number of hydrogen-bond acceptors (Lipinski definition) is 3. The Morgan fingerprint density at radius 2 is 2.04 bits per heavy atom. The summed E-state index contributed by atoms with van der Waals surface area (Å²) in [5.74, 6) is -1.62. The summed E-state index contributed by atoms with van der Waals surface area (Å²) in [5, 5.41) is 11.6. The van der Waals surface area contributed by atoms with Crippen LogP contribution in [0, 0.1) is 23.7 Å². The van der Waals surface area contributed by atoms with Crippen LogP contribution < -0.4 is 0 Å². The maximum Gasteiger partial charge on any atom is 0.307 e. The van der Waals surface area contributed by atoms with E-state index in [0.717, 1.165) is 24.1 Å². The lowest BCUT2D eigenvalue weighted by Gasteiger charge is -2.30. The quantitative estimate of drug-likeness (QED) is 0.778. The first-order valence-electron chi connectivity index (χ1n) is 8.34. The minimum atomic E-state index is -0.827. The highest BCUT2D eigenvalue weighted by atomic mass is 32.1. The summed E-state index contributed by atoms with van der Waals surface area (Å²) >= 11 is 1.64. The first kappa shape index (κ1) is 16.2. The van der Waals surface area contributed by atoms with Crippen LogP contribution in [0.5, 0.6) is 0 Å². The number of carboxylic acid groups (broad SMARTS) is 1. The molecule has 1 fully saturated rings. The zero-order valence-corrected chi connectivity index (χ0v) is 14.2. The number of allylic oxidation sites excluding steroid dienone is 2. The molecular weight excluding hydrogens is 310 g/mol. The predicted molar refractivity (Wildman–Crippen MR) is 90.0 cm³/mol. The Balaban J connectivity index is 1.79. The van der Waals surface area contributed by atoms with E-state index < -0.39 is 11.9 Å². The van der Waals surface area contributed by atoms with Gasteiger partial charge in [0.15, 0.2) is 0 Å². The van der Waals surface area contributed by atoms with Crippen LogP contribution in [0.25, 0.3) is 0 Å². The van der Waals surface area contributed by atoms with Gasteiger partial charge >= 0.3 is 5.97 Å². The fourth-order valence-corrected chi connectivity index (χ4v) is 4.63. The zero-order valence-electron chi connectivity index (χ0n) is 13.4. The number of aliphatic carboxylic acids is 1. The minimum absolute atomic E-state index is 0.0242. The number of carbonyl (C=O) groups is 2. The Morgan fingerprint density at radius 1 is 1.30 bits per heavy atom. The van der Waals surface area contributed by atoms with Crippen LogP contribution >= 0.6 is 11.3 Å². The lowest BCUT2D eigenvalue weighted by atomic mass is 9.82. The summed E-state index contributed by atoms with van der Waals surface area (Å²) in [5.41, 5.74) is 0. The highest BCUT2D eigenvalue weighted by Gasteiger charge is 2.52. The van der Waals surface area contributed by atoms with E-state index in [1.807, 2.05) is 28.5 Å². The minimum Gasteiger partial charge on any atom is -0.481 e. The molecule has 4 unspecified atom stereocenters. The summed E-state index contributed by atoms with van der Waals surface area (Å²) < 4.78 is 0. The maximum absolute atomic E-state index is 13.1. The Bertz CT molecular complexity index is 595. The fourth-order valence-electron chi connectivity index (χ4n) is 3.91.